The molecule has 2 nitrogen and oxygen atoms in total. The first-order valence-corrected chi connectivity index (χ1v) is 4.75. The molecule has 1 N–H and O–H groups in total. The molecule has 0 saturated carbocycles. The van der Waals surface area contributed by atoms with E-state index in [4.69, 9.17) is 0 Å². The fourth-order valence-corrected chi connectivity index (χ4v) is 2.16. The topological polar surface area (TPSA) is 32.9 Å². The first-order valence-electron chi connectivity index (χ1n) is 3.96. The third-order valence-corrected chi connectivity index (χ3v) is 2.84. The second-order valence-corrected chi connectivity index (χ2v) is 3.80. The molecule has 0 spiro atoms. The number of halogens is 1. The van der Waals surface area contributed by atoms with Gasteiger partial charge in [0.05, 0.1) is 5.69 Å². The maximum atomic E-state index is 10.7. The van der Waals surface area contributed by atoms with Crippen LogP contribution < -0.4 is 0 Å². The summed E-state index contributed by atoms with van der Waals surface area (Å²) in [5, 5.41) is 1.09. The quantitative estimate of drug-likeness (QED) is 0.761. The van der Waals surface area contributed by atoms with Gasteiger partial charge in [-0.05, 0) is 24.6 Å². The number of hydrogen-bond donors (Lipinski definition) is 1. The lowest BCUT2D eigenvalue weighted by atomic mass is 10.1. The molecule has 0 saturated heterocycles. The van der Waals surface area contributed by atoms with Gasteiger partial charge in [0.25, 0.3) is 0 Å². The summed E-state index contributed by atoms with van der Waals surface area (Å²) in [7, 11) is 0. The van der Waals surface area contributed by atoms with Crippen LogP contribution in [0, 0.1) is 6.92 Å². The Balaban J connectivity index is 2.92. The van der Waals surface area contributed by atoms with Crippen LogP contribution in [0.4, 0.5) is 0 Å². The van der Waals surface area contributed by atoms with Crippen molar-refractivity contribution in [1.82, 2.24) is 4.98 Å². The lowest BCUT2D eigenvalue weighted by Gasteiger charge is -1.93. The first kappa shape index (κ1) is 8.51. The average Bonchev–Trinajstić information content (AvgIpc) is 2.44. The summed E-state index contributed by atoms with van der Waals surface area (Å²) in [4.78, 5) is 13.7. The second kappa shape index (κ2) is 3.00. The van der Waals surface area contributed by atoms with Crippen molar-refractivity contribution in [1.29, 1.82) is 0 Å². The molecule has 2 aromatic rings. The van der Waals surface area contributed by atoms with Gasteiger partial charge in [-0.1, -0.05) is 22.0 Å². The molecule has 0 amide bonds. The number of carbonyl (C=O) groups is 1. The van der Waals surface area contributed by atoms with Crippen molar-refractivity contribution in [2.75, 3.05) is 0 Å². The molecule has 66 valence electrons. The average molecular weight is 238 g/mol. The molecule has 3 heteroatoms. The third kappa shape index (κ3) is 1.20. The summed E-state index contributed by atoms with van der Waals surface area (Å²) < 4.78 is 1.02. The molecule has 13 heavy (non-hydrogen) atoms. The van der Waals surface area contributed by atoms with Gasteiger partial charge >= 0.3 is 0 Å². The van der Waals surface area contributed by atoms with Crippen molar-refractivity contribution >= 4 is 33.1 Å². The van der Waals surface area contributed by atoms with E-state index in [0.717, 1.165) is 27.2 Å². The highest BCUT2D eigenvalue weighted by atomic mass is 79.9. The van der Waals surface area contributed by atoms with Crippen molar-refractivity contribution in [2.45, 2.75) is 6.92 Å². The summed E-state index contributed by atoms with van der Waals surface area (Å²) in [5.74, 6) is 0. The van der Waals surface area contributed by atoms with E-state index in [0.29, 0.717) is 5.69 Å². The van der Waals surface area contributed by atoms with E-state index in [9.17, 15) is 4.79 Å². The van der Waals surface area contributed by atoms with Crippen LogP contribution in [0.3, 0.4) is 0 Å². The number of benzene rings is 1. The molecule has 1 aromatic heterocycles. The Hall–Kier alpha value is -1.09. The van der Waals surface area contributed by atoms with Gasteiger partial charge in [0, 0.05) is 15.4 Å². The fourth-order valence-electron chi connectivity index (χ4n) is 1.50. The molecule has 0 aliphatic heterocycles. The zero-order chi connectivity index (χ0) is 9.42. The third-order valence-electron chi connectivity index (χ3n) is 2.18. The van der Waals surface area contributed by atoms with E-state index < -0.39 is 0 Å². The number of hydrogen-bond acceptors (Lipinski definition) is 1. The fraction of sp³-hybridized carbons (Fsp3) is 0.100. The molecule has 0 unspecified atom stereocenters. The van der Waals surface area contributed by atoms with E-state index in [-0.39, 0.29) is 0 Å². The Morgan fingerprint density at radius 1 is 1.46 bits per heavy atom. The van der Waals surface area contributed by atoms with Crippen LogP contribution in [0.15, 0.2) is 22.7 Å². The summed E-state index contributed by atoms with van der Waals surface area (Å²) in [6.45, 7) is 1.94. The summed E-state index contributed by atoms with van der Waals surface area (Å²) in [6.07, 6.45) is 0.849. The highest BCUT2D eigenvalue weighted by Gasteiger charge is 2.08. The zero-order valence-electron chi connectivity index (χ0n) is 7.10. The molecular formula is C10H8BrNO. The molecule has 1 heterocycles. The smallest absolute Gasteiger partial charge is 0.166 e. The van der Waals surface area contributed by atoms with Crippen molar-refractivity contribution in [2.24, 2.45) is 0 Å². The van der Waals surface area contributed by atoms with E-state index in [2.05, 4.69) is 20.9 Å². The predicted octanol–water partition coefficient (Wildman–Crippen LogP) is 3.05. The van der Waals surface area contributed by atoms with Crippen LogP contribution in [-0.4, -0.2) is 11.3 Å². The van der Waals surface area contributed by atoms with E-state index in [1.807, 2.05) is 25.1 Å². The number of aldehydes is 1. The van der Waals surface area contributed by atoms with Gasteiger partial charge in [-0.2, -0.15) is 0 Å². The lowest BCUT2D eigenvalue weighted by molar-refractivity contribution is 0.111. The van der Waals surface area contributed by atoms with Gasteiger partial charge in [-0.25, -0.2) is 0 Å². The predicted molar refractivity (Wildman–Crippen MR) is 56.1 cm³/mol. The molecule has 0 bridgehead atoms. The van der Waals surface area contributed by atoms with Crippen LogP contribution in [-0.2, 0) is 0 Å². The first-order chi connectivity index (χ1) is 6.24. The SMILES string of the molecule is Cc1c(C=O)[nH]c2cccc(Br)c12. The van der Waals surface area contributed by atoms with Crippen LogP contribution in [0.25, 0.3) is 10.9 Å². The second-order valence-electron chi connectivity index (χ2n) is 2.94. The minimum absolute atomic E-state index is 0.655. The number of H-pyrrole nitrogens is 1. The van der Waals surface area contributed by atoms with Gasteiger partial charge in [-0.15, -0.1) is 0 Å². The molecule has 2 rings (SSSR count). The number of aryl methyl sites for hydroxylation is 1. The largest absolute Gasteiger partial charge is 0.352 e. The molecule has 0 aliphatic rings. The highest BCUT2D eigenvalue weighted by Crippen LogP contribution is 2.28. The summed E-state index contributed by atoms with van der Waals surface area (Å²) in [6, 6.07) is 5.87. The van der Waals surface area contributed by atoms with Crippen molar-refractivity contribution in [3.8, 4) is 0 Å². The Morgan fingerprint density at radius 3 is 2.85 bits per heavy atom. The van der Waals surface area contributed by atoms with Crippen LogP contribution in [0.5, 0.6) is 0 Å². The minimum Gasteiger partial charge on any atom is -0.352 e. The number of carbonyl (C=O) groups excluding carboxylic acids is 1. The Labute approximate surface area is 84.1 Å². The normalized spacial score (nSPS) is 10.6. The number of aromatic nitrogens is 1. The maximum absolute atomic E-state index is 10.7. The lowest BCUT2D eigenvalue weighted by Crippen LogP contribution is -1.80. The molecule has 0 aliphatic carbocycles. The Morgan fingerprint density at radius 2 is 2.23 bits per heavy atom. The maximum Gasteiger partial charge on any atom is 0.166 e. The standard InChI is InChI=1S/C10H8BrNO/c1-6-9(5-13)12-8-4-2-3-7(11)10(6)8/h2-5,12H,1H3. The van der Waals surface area contributed by atoms with E-state index >= 15 is 0 Å². The van der Waals surface area contributed by atoms with Crippen molar-refractivity contribution in [3.63, 3.8) is 0 Å². The summed E-state index contributed by atoms with van der Waals surface area (Å²) >= 11 is 3.45. The van der Waals surface area contributed by atoms with Crippen LogP contribution >= 0.6 is 15.9 Å². The monoisotopic (exact) mass is 237 g/mol. The number of nitrogens with one attached hydrogen (secondary N) is 1. The number of aromatic amines is 1. The molecule has 0 fully saturated rings. The van der Waals surface area contributed by atoms with Gasteiger partial charge < -0.3 is 4.98 Å². The Bertz CT molecular complexity index is 473. The molecule has 1 aromatic carbocycles. The highest BCUT2D eigenvalue weighted by molar-refractivity contribution is 9.10. The van der Waals surface area contributed by atoms with Crippen LogP contribution in [0.1, 0.15) is 16.1 Å². The minimum atomic E-state index is 0.655. The number of rotatable bonds is 1. The van der Waals surface area contributed by atoms with Crippen LogP contribution in [0.2, 0.25) is 0 Å². The molecule has 0 radical (unpaired) electrons. The molecule has 0 atom stereocenters. The van der Waals surface area contributed by atoms with Crippen molar-refractivity contribution < 1.29 is 4.79 Å². The van der Waals surface area contributed by atoms with E-state index in [1.54, 1.807) is 0 Å². The van der Waals surface area contributed by atoms with Gasteiger partial charge in [0.1, 0.15) is 0 Å². The Kier molecular flexibility index (Phi) is 1.96. The van der Waals surface area contributed by atoms with E-state index in [1.165, 1.54) is 0 Å². The zero-order valence-corrected chi connectivity index (χ0v) is 8.68. The number of fused-ring (bicyclic) bond motifs is 1. The van der Waals surface area contributed by atoms with Gasteiger partial charge in [0.2, 0.25) is 0 Å². The summed E-state index contributed by atoms with van der Waals surface area (Å²) in [5.41, 5.74) is 2.65. The van der Waals surface area contributed by atoms with Gasteiger partial charge in [0.15, 0.2) is 6.29 Å². The van der Waals surface area contributed by atoms with Gasteiger partial charge in [-0.3, -0.25) is 4.79 Å². The molecular weight excluding hydrogens is 230 g/mol. The van der Waals surface area contributed by atoms with Crippen molar-refractivity contribution in [3.05, 3.63) is 33.9 Å².